The zero-order valence-electron chi connectivity index (χ0n) is 15.3. The summed E-state index contributed by atoms with van der Waals surface area (Å²) in [5.41, 5.74) is 3.26. The quantitative estimate of drug-likeness (QED) is 0.913. The molecule has 1 aliphatic rings. The molecule has 2 aromatic rings. The maximum atomic E-state index is 12.5. The van der Waals surface area contributed by atoms with E-state index in [4.69, 9.17) is 0 Å². The number of hydrogen-bond donors (Lipinski definition) is 1. The van der Waals surface area contributed by atoms with Crippen LogP contribution in [0.2, 0.25) is 0 Å². The molecule has 3 rings (SSSR count). The van der Waals surface area contributed by atoms with Gasteiger partial charge in [-0.05, 0) is 25.0 Å². The second kappa shape index (κ2) is 7.51. The Balaban J connectivity index is 1.66. The summed E-state index contributed by atoms with van der Waals surface area (Å²) >= 11 is 0. The van der Waals surface area contributed by atoms with Crippen LogP contribution in [-0.4, -0.2) is 52.9 Å². The molecular weight excluding hydrogens is 330 g/mol. The summed E-state index contributed by atoms with van der Waals surface area (Å²) in [6.07, 6.45) is 3.09. The molecule has 7 heteroatoms. The fourth-order valence-corrected chi connectivity index (χ4v) is 3.02. The second-order valence-electron chi connectivity index (χ2n) is 6.49. The average Bonchev–Trinajstić information content (AvgIpc) is 2.65. The molecule has 1 fully saturated rings. The van der Waals surface area contributed by atoms with Gasteiger partial charge < -0.3 is 15.1 Å². The van der Waals surface area contributed by atoms with Gasteiger partial charge in [0.25, 0.3) is 5.91 Å². The summed E-state index contributed by atoms with van der Waals surface area (Å²) in [4.78, 5) is 36.4. The zero-order chi connectivity index (χ0) is 18.7. The largest absolute Gasteiger partial charge is 0.339 e. The summed E-state index contributed by atoms with van der Waals surface area (Å²) < 4.78 is 0. The number of nitrogens with zero attached hydrogens (tertiary/aromatic N) is 4. The first-order valence-electron chi connectivity index (χ1n) is 8.66. The monoisotopic (exact) mass is 353 g/mol. The third kappa shape index (κ3) is 3.82. The van der Waals surface area contributed by atoms with Gasteiger partial charge in [0.2, 0.25) is 11.9 Å². The smallest absolute Gasteiger partial charge is 0.258 e. The second-order valence-corrected chi connectivity index (χ2v) is 6.49. The molecule has 0 unspecified atom stereocenters. The fraction of sp³-hybridized carbons (Fsp3) is 0.368. The van der Waals surface area contributed by atoms with E-state index in [2.05, 4.69) is 15.3 Å². The van der Waals surface area contributed by atoms with Crippen molar-refractivity contribution in [3.8, 4) is 0 Å². The van der Waals surface area contributed by atoms with E-state index in [1.807, 2.05) is 41.8 Å². The lowest BCUT2D eigenvalue weighted by Crippen LogP contribution is -2.48. The van der Waals surface area contributed by atoms with Crippen molar-refractivity contribution in [1.82, 2.24) is 14.9 Å². The highest BCUT2D eigenvalue weighted by Crippen LogP contribution is 2.20. The fourth-order valence-electron chi connectivity index (χ4n) is 3.02. The Bertz CT molecular complexity index is 791. The third-order valence-corrected chi connectivity index (χ3v) is 4.63. The topological polar surface area (TPSA) is 78.4 Å². The number of anilines is 2. The van der Waals surface area contributed by atoms with Gasteiger partial charge in [-0.1, -0.05) is 18.2 Å². The number of aromatic nitrogens is 2. The number of aryl methyl sites for hydroxylation is 2. The van der Waals surface area contributed by atoms with Gasteiger partial charge in [-0.2, -0.15) is 0 Å². The Morgan fingerprint density at radius 2 is 1.58 bits per heavy atom. The molecular formula is C19H23N5O2. The van der Waals surface area contributed by atoms with E-state index in [9.17, 15) is 9.59 Å². The number of hydrogen-bond acceptors (Lipinski definition) is 5. The minimum Gasteiger partial charge on any atom is -0.339 e. The number of benzene rings is 1. The SMILES string of the molecule is CC(=O)N1CCN(c2ncc(C(=O)Nc3c(C)cccc3C)cn2)CC1. The van der Waals surface area contributed by atoms with E-state index in [1.54, 1.807) is 19.3 Å². The number of nitrogens with one attached hydrogen (secondary N) is 1. The van der Waals surface area contributed by atoms with E-state index in [0.717, 1.165) is 16.8 Å². The first-order chi connectivity index (χ1) is 12.5. The Morgan fingerprint density at radius 3 is 2.12 bits per heavy atom. The number of piperazine rings is 1. The van der Waals surface area contributed by atoms with Gasteiger partial charge in [-0.25, -0.2) is 9.97 Å². The summed E-state index contributed by atoms with van der Waals surface area (Å²) in [7, 11) is 0. The first kappa shape index (κ1) is 17.8. The Hall–Kier alpha value is -2.96. The van der Waals surface area contributed by atoms with Crippen LogP contribution in [0.15, 0.2) is 30.6 Å². The van der Waals surface area contributed by atoms with Crippen LogP contribution in [0.3, 0.4) is 0 Å². The minimum atomic E-state index is -0.227. The highest BCUT2D eigenvalue weighted by molar-refractivity contribution is 6.04. The van der Waals surface area contributed by atoms with Gasteiger partial charge >= 0.3 is 0 Å². The van der Waals surface area contributed by atoms with Gasteiger partial charge in [0.05, 0.1) is 5.56 Å². The summed E-state index contributed by atoms with van der Waals surface area (Å²) in [5.74, 6) is 0.441. The molecule has 0 aliphatic carbocycles. The number of para-hydroxylation sites is 1. The minimum absolute atomic E-state index is 0.0871. The van der Waals surface area contributed by atoms with Crippen molar-refractivity contribution in [2.45, 2.75) is 20.8 Å². The molecule has 2 amide bonds. The van der Waals surface area contributed by atoms with Crippen molar-refractivity contribution in [3.05, 3.63) is 47.3 Å². The van der Waals surface area contributed by atoms with E-state index < -0.39 is 0 Å². The molecule has 7 nitrogen and oxygen atoms in total. The molecule has 2 heterocycles. The molecule has 1 N–H and O–H groups in total. The number of carbonyl (C=O) groups is 2. The van der Waals surface area contributed by atoms with Crippen molar-refractivity contribution in [1.29, 1.82) is 0 Å². The predicted molar refractivity (Wildman–Crippen MR) is 100 cm³/mol. The van der Waals surface area contributed by atoms with E-state index in [-0.39, 0.29) is 11.8 Å². The first-order valence-corrected chi connectivity index (χ1v) is 8.66. The van der Waals surface area contributed by atoms with Crippen LogP contribution in [0, 0.1) is 13.8 Å². The van der Waals surface area contributed by atoms with Crippen LogP contribution < -0.4 is 10.2 Å². The predicted octanol–water partition coefficient (Wildman–Crippen LogP) is 2.01. The van der Waals surface area contributed by atoms with Crippen LogP contribution in [0.1, 0.15) is 28.4 Å². The van der Waals surface area contributed by atoms with E-state index in [0.29, 0.717) is 37.7 Å². The lowest BCUT2D eigenvalue weighted by atomic mass is 10.1. The maximum Gasteiger partial charge on any atom is 0.258 e. The number of amides is 2. The van der Waals surface area contributed by atoms with Crippen LogP contribution in [0.5, 0.6) is 0 Å². The Labute approximate surface area is 153 Å². The molecule has 0 atom stereocenters. The Morgan fingerprint density at radius 1 is 1.00 bits per heavy atom. The maximum absolute atomic E-state index is 12.5. The van der Waals surface area contributed by atoms with E-state index >= 15 is 0 Å². The van der Waals surface area contributed by atoms with Crippen LogP contribution in [0.4, 0.5) is 11.6 Å². The molecule has 0 spiro atoms. The normalized spacial score (nSPS) is 14.3. The molecule has 0 saturated carbocycles. The van der Waals surface area contributed by atoms with Crippen molar-refractivity contribution in [2.24, 2.45) is 0 Å². The zero-order valence-corrected chi connectivity index (χ0v) is 15.3. The van der Waals surface area contributed by atoms with Crippen molar-refractivity contribution in [2.75, 3.05) is 36.4 Å². The van der Waals surface area contributed by atoms with Gasteiger partial charge in [0.15, 0.2) is 0 Å². The van der Waals surface area contributed by atoms with Gasteiger partial charge in [-0.15, -0.1) is 0 Å². The van der Waals surface area contributed by atoms with Crippen molar-refractivity contribution >= 4 is 23.5 Å². The Kier molecular flexibility index (Phi) is 5.16. The van der Waals surface area contributed by atoms with E-state index in [1.165, 1.54) is 0 Å². The van der Waals surface area contributed by atoms with Gasteiger partial charge in [0, 0.05) is 51.2 Å². The average molecular weight is 353 g/mol. The highest BCUT2D eigenvalue weighted by atomic mass is 16.2. The van der Waals surface area contributed by atoms with Crippen LogP contribution >= 0.6 is 0 Å². The van der Waals surface area contributed by atoms with Crippen LogP contribution in [-0.2, 0) is 4.79 Å². The van der Waals surface area contributed by atoms with Gasteiger partial charge in [0.1, 0.15) is 0 Å². The standard InChI is InChI=1S/C19H23N5O2/c1-13-5-4-6-14(2)17(13)22-18(26)16-11-20-19(21-12-16)24-9-7-23(8-10-24)15(3)25/h4-6,11-12H,7-10H2,1-3H3,(H,22,26). The number of carbonyl (C=O) groups excluding carboxylic acids is 2. The lowest BCUT2D eigenvalue weighted by Gasteiger charge is -2.34. The van der Waals surface area contributed by atoms with Gasteiger partial charge in [-0.3, -0.25) is 9.59 Å². The molecule has 0 radical (unpaired) electrons. The molecule has 0 bridgehead atoms. The highest BCUT2D eigenvalue weighted by Gasteiger charge is 2.20. The number of rotatable bonds is 3. The van der Waals surface area contributed by atoms with Crippen LogP contribution in [0.25, 0.3) is 0 Å². The molecule has 1 aromatic heterocycles. The summed E-state index contributed by atoms with van der Waals surface area (Å²) in [5, 5.41) is 2.94. The molecule has 1 saturated heterocycles. The summed E-state index contributed by atoms with van der Waals surface area (Å²) in [6, 6.07) is 5.88. The lowest BCUT2D eigenvalue weighted by molar-refractivity contribution is -0.129. The molecule has 26 heavy (non-hydrogen) atoms. The van der Waals surface area contributed by atoms with Crippen molar-refractivity contribution in [3.63, 3.8) is 0 Å². The molecule has 1 aliphatic heterocycles. The molecule has 1 aromatic carbocycles. The summed E-state index contributed by atoms with van der Waals surface area (Å²) in [6.45, 7) is 8.20. The third-order valence-electron chi connectivity index (χ3n) is 4.63. The van der Waals surface area contributed by atoms with Crippen molar-refractivity contribution < 1.29 is 9.59 Å². The molecule has 136 valence electrons.